The molecule has 1 unspecified atom stereocenters. The van der Waals surface area contributed by atoms with Crippen molar-refractivity contribution in [3.63, 3.8) is 0 Å². The van der Waals surface area contributed by atoms with Crippen molar-refractivity contribution in [2.75, 3.05) is 13.2 Å². The molecule has 3 amide bonds. The fourth-order valence-electron chi connectivity index (χ4n) is 4.69. The van der Waals surface area contributed by atoms with Crippen LogP contribution >= 0.6 is 0 Å². The number of nitrogens with two attached hydrogens (primary N) is 1. The summed E-state index contributed by atoms with van der Waals surface area (Å²) in [4.78, 5) is 37.8. The lowest BCUT2D eigenvalue weighted by molar-refractivity contribution is -0.136. The highest BCUT2D eigenvalue weighted by atomic mass is 16.6. The second-order valence-electron chi connectivity index (χ2n) is 8.14. The lowest BCUT2D eigenvalue weighted by atomic mass is 10.0. The normalized spacial score (nSPS) is 33.8. The molecule has 4 aliphatic rings. The predicted octanol–water partition coefficient (Wildman–Crippen LogP) is -0.969. The van der Waals surface area contributed by atoms with Crippen molar-refractivity contribution in [3.8, 4) is 0 Å². The second kappa shape index (κ2) is 7.17. The third-order valence-electron chi connectivity index (χ3n) is 6.25. The van der Waals surface area contributed by atoms with Crippen LogP contribution in [0, 0.1) is 0 Å². The van der Waals surface area contributed by atoms with Gasteiger partial charge in [-0.05, 0) is 23.6 Å². The molecule has 0 bridgehead atoms. The van der Waals surface area contributed by atoms with Crippen molar-refractivity contribution in [1.29, 1.82) is 0 Å². The summed E-state index contributed by atoms with van der Waals surface area (Å²) in [5, 5.41) is 5.80. The minimum Gasteiger partial charge on any atom is -0.372 e. The van der Waals surface area contributed by atoms with Crippen LogP contribution in [0.2, 0.25) is 0 Å². The van der Waals surface area contributed by atoms with Gasteiger partial charge in [0.15, 0.2) is 0 Å². The Morgan fingerprint density at radius 2 is 2.00 bits per heavy atom. The van der Waals surface area contributed by atoms with Gasteiger partial charge in [0.1, 0.15) is 18.2 Å². The van der Waals surface area contributed by atoms with Crippen molar-refractivity contribution >= 4 is 17.7 Å². The van der Waals surface area contributed by atoms with Gasteiger partial charge in [0.05, 0.1) is 25.3 Å². The molecule has 1 aromatic rings. The number of benzene rings is 1. The molecule has 3 saturated heterocycles. The Kier molecular flexibility index (Phi) is 4.62. The smallest absolute Gasteiger partial charge is 0.255 e. The number of hydrogen-bond acceptors (Lipinski definition) is 7. The van der Waals surface area contributed by atoms with E-state index >= 15 is 0 Å². The quantitative estimate of drug-likeness (QED) is 0.556. The van der Waals surface area contributed by atoms with Crippen LogP contribution in [0.15, 0.2) is 18.2 Å². The number of nitrogens with one attached hydrogen (secondary N) is 2. The Morgan fingerprint density at radius 1 is 1.17 bits per heavy atom. The van der Waals surface area contributed by atoms with Crippen molar-refractivity contribution in [2.24, 2.45) is 5.73 Å². The van der Waals surface area contributed by atoms with Crippen LogP contribution in [0.4, 0.5) is 0 Å². The van der Waals surface area contributed by atoms with Crippen molar-refractivity contribution in [1.82, 2.24) is 15.5 Å². The molecule has 9 heteroatoms. The topological polar surface area (TPSA) is 123 Å². The standard InChI is InChI=1S/C20H24N4O5/c21-13-8-28-18-14(9-29-17(13)18)22-6-10-1-2-12-11(5-10)7-24(20(12)27)15-3-4-16(25)23-19(15)26/h1-2,5,13-15,17-18,22H,3-4,6-9,21H2,(H,23,25,26)/t13-,14-,15?,17+,18+/m0/s1. The van der Waals surface area contributed by atoms with E-state index in [1.165, 1.54) is 0 Å². The molecule has 4 aliphatic heterocycles. The molecule has 5 rings (SSSR count). The Morgan fingerprint density at radius 3 is 2.83 bits per heavy atom. The van der Waals surface area contributed by atoms with E-state index in [-0.39, 0.29) is 42.5 Å². The van der Waals surface area contributed by atoms with Gasteiger partial charge in [-0.1, -0.05) is 12.1 Å². The molecular formula is C20H24N4O5. The highest BCUT2D eigenvalue weighted by molar-refractivity contribution is 6.05. The van der Waals surface area contributed by atoms with Crippen molar-refractivity contribution < 1.29 is 23.9 Å². The van der Waals surface area contributed by atoms with Crippen LogP contribution in [0.25, 0.3) is 0 Å². The van der Waals surface area contributed by atoms with Gasteiger partial charge in [-0.3, -0.25) is 19.7 Å². The number of amides is 3. The molecule has 1 aromatic carbocycles. The predicted molar refractivity (Wildman–Crippen MR) is 101 cm³/mol. The zero-order valence-electron chi connectivity index (χ0n) is 15.9. The SMILES string of the molecule is N[C@H]1CO[C@H]2[C@@H]1OC[C@@H]2NCc1ccc2c(c1)CN(C1CCC(=O)NC1=O)C2=O. The van der Waals surface area contributed by atoms with Crippen LogP contribution in [0.3, 0.4) is 0 Å². The number of carbonyl (C=O) groups is 3. The van der Waals surface area contributed by atoms with E-state index in [1.54, 1.807) is 4.90 Å². The van der Waals surface area contributed by atoms with E-state index in [0.29, 0.717) is 38.3 Å². The fraction of sp³-hybridized carbons (Fsp3) is 0.550. The number of fused-ring (bicyclic) bond motifs is 2. The van der Waals surface area contributed by atoms with Gasteiger partial charge < -0.3 is 25.4 Å². The van der Waals surface area contributed by atoms with Crippen LogP contribution < -0.4 is 16.4 Å². The minimum absolute atomic E-state index is 0.0241. The number of rotatable bonds is 4. The Balaban J connectivity index is 1.24. The lowest BCUT2D eigenvalue weighted by Gasteiger charge is -2.29. The molecule has 29 heavy (non-hydrogen) atoms. The first kappa shape index (κ1) is 18.7. The highest BCUT2D eigenvalue weighted by Gasteiger charge is 2.46. The molecule has 3 fully saturated rings. The molecule has 0 aromatic heterocycles. The Bertz CT molecular complexity index is 874. The lowest BCUT2D eigenvalue weighted by Crippen LogP contribution is -2.52. The highest BCUT2D eigenvalue weighted by Crippen LogP contribution is 2.29. The summed E-state index contributed by atoms with van der Waals surface area (Å²) in [6.45, 7) is 2.08. The minimum atomic E-state index is -0.592. The monoisotopic (exact) mass is 400 g/mol. The average molecular weight is 400 g/mol. The Labute approximate surface area is 167 Å². The van der Waals surface area contributed by atoms with Crippen LogP contribution in [-0.4, -0.2) is 66.2 Å². The second-order valence-corrected chi connectivity index (χ2v) is 8.14. The van der Waals surface area contributed by atoms with Gasteiger partial charge in [-0.2, -0.15) is 0 Å². The van der Waals surface area contributed by atoms with E-state index in [4.69, 9.17) is 15.2 Å². The average Bonchev–Trinajstić information content (AvgIpc) is 3.36. The number of hydrogen-bond donors (Lipinski definition) is 3. The zero-order chi connectivity index (χ0) is 20.1. The summed E-state index contributed by atoms with van der Waals surface area (Å²) in [6, 6.07) is 5.16. The van der Waals surface area contributed by atoms with E-state index in [1.807, 2.05) is 18.2 Å². The van der Waals surface area contributed by atoms with Gasteiger partial charge in [-0.25, -0.2) is 0 Å². The van der Waals surface area contributed by atoms with E-state index < -0.39 is 11.9 Å². The molecule has 0 spiro atoms. The third kappa shape index (κ3) is 3.24. The molecule has 4 heterocycles. The van der Waals surface area contributed by atoms with Crippen LogP contribution in [0.1, 0.15) is 34.3 Å². The summed E-state index contributed by atoms with van der Waals surface area (Å²) in [5.74, 6) is -0.835. The summed E-state index contributed by atoms with van der Waals surface area (Å²) in [7, 11) is 0. The first-order chi connectivity index (χ1) is 14.0. The third-order valence-corrected chi connectivity index (χ3v) is 6.25. The maximum absolute atomic E-state index is 12.8. The summed E-state index contributed by atoms with van der Waals surface area (Å²) < 4.78 is 11.5. The molecule has 0 aliphatic carbocycles. The number of imide groups is 1. The number of ether oxygens (including phenoxy) is 2. The van der Waals surface area contributed by atoms with Crippen molar-refractivity contribution in [2.45, 2.75) is 56.3 Å². The summed E-state index contributed by atoms with van der Waals surface area (Å²) >= 11 is 0. The summed E-state index contributed by atoms with van der Waals surface area (Å²) in [5.41, 5.74) is 8.56. The maximum atomic E-state index is 12.8. The van der Waals surface area contributed by atoms with Gasteiger partial charge in [0, 0.05) is 25.1 Å². The molecule has 4 N–H and O–H groups in total. The zero-order valence-corrected chi connectivity index (χ0v) is 15.9. The first-order valence-electron chi connectivity index (χ1n) is 10.00. The van der Waals surface area contributed by atoms with E-state index in [2.05, 4.69) is 10.6 Å². The summed E-state index contributed by atoms with van der Waals surface area (Å²) in [6.07, 6.45) is 0.546. The largest absolute Gasteiger partial charge is 0.372 e. The number of carbonyl (C=O) groups excluding carboxylic acids is 3. The molecule has 0 radical (unpaired) electrons. The van der Waals surface area contributed by atoms with Gasteiger partial charge in [0.2, 0.25) is 11.8 Å². The first-order valence-corrected chi connectivity index (χ1v) is 10.00. The van der Waals surface area contributed by atoms with E-state index in [9.17, 15) is 14.4 Å². The molecule has 5 atom stereocenters. The molecular weight excluding hydrogens is 376 g/mol. The maximum Gasteiger partial charge on any atom is 0.255 e. The van der Waals surface area contributed by atoms with E-state index in [0.717, 1.165) is 11.1 Å². The molecule has 9 nitrogen and oxygen atoms in total. The van der Waals surface area contributed by atoms with Gasteiger partial charge in [-0.15, -0.1) is 0 Å². The number of piperidine rings is 1. The van der Waals surface area contributed by atoms with Gasteiger partial charge >= 0.3 is 0 Å². The molecule has 0 saturated carbocycles. The fourth-order valence-corrected chi connectivity index (χ4v) is 4.69. The molecule has 154 valence electrons. The van der Waals surface area contributed by atoms with Crippen LogP contribution in [-0.2, 0) is 32.2 Å². The van der Waals surface area contributed by atoms with Gasteiger partial charge in [0.25, 0.3) is 5.91 Å². The Hall–Kier alpha value is -2.33. The van der Waals surface area contributed by atoms with Crippen molar-refractivity contribution in [3.05, 3.63) is 34.9 Å². The van der Waals surface area contributed by atoms with Crippen LogP contribution in [0.5, 0.6) is 0 Å². The number of nitrogens with zero attached hydrogens (tertiary/aromatic N) is 1.